The van der Waals surface area contributed by atoms with E-state index in [-0.39, 0.29) is 11.7 Å². The van der Waals surface area contributed by atoms with E-state index in [0.717, 1.165) is 55.9 Å². The second-order valence-electron chi connectivity index (χ2n) is 8.22. The van der Waals surface area contributed by atoms with Gasteiger partial charge in [-0.2, -0.15) is 0 Å². The van der Waals surface area contributed by atoms with Crippen molar-refractivity contribution >= 4 is 40.2 Å². The van der Waals surface area contributed by atoms with Crippen molar-refractivity contribution in [2.75, 3.05) is 12.3 Å². The number of rotatable bonds is 5. The largest absolute Gasteiger partial charge is 0.334 e. The molecule has 3 nitrogen and oxygen atoms in total. The third kappa shape index (κ3) is 3.61. The van der Waals surface area contributed by atoms with E-state index in [1.165, 1.54) is 0 Å². The highest BCUT2D eigenvalue weighted by atomic mass is 32.2. The van der Waals surface area contributed by atoms with E-state index in [2.05, 4.69) is 53.4 Å². The minimum atomic E-state index is -0.202. The van der Waals surface area contributed by atoms with E-state index >= 15 is 0 Å². The van der Waals surface area contributed by atoms with Gasteiger partial charge in [0.15, 0.2) is 5.78 Å². The zero-order valence-corrected chi connectivity index (χ0v) is 20.1. The molecule has 0 spiro atoms. The lowest BCUT2D eigenvalue weighted by atomic mass is 9.78. The van der Waals surface area contributed by atoms with Crippen molar-refractivity contribution in [3.63, 3.8) is 0 Å². The Morgan fingerprint density at radius 2 is 1.56 bits per heavy atom. The lowest BCUT2D eigenvalue weighted by Gasteiger charge is -2.37. The summed E-state index contributed by atoms with van der Waals surface area (Å²) in [6, 6.07) is 30.6. The third-order valence-corrected chi connectivity index (χ3v) is 8.16. The molecule has 0 radical (unpaired) electrons. The number of nitrogens with zero attached hydrogens (tertiary/aromatic N) is 2. The fourth-order valence-electron chi connectivity index (χ4n) is 4.84. The molecule has 1 atom stereocenters. The summed E-state index contributed by atoms with van der Waals surface area (Å²) in [7, 11) is 0. The predicted octanol–water partition coefficient (Wildman–Crippen LogP) is 6.95. The van der Waals surface area contributed by atoms with Crippen LogP contribution in [-0.2, 0) is 0 Å². The van der Waals surface area contributed by atoms with Crippen LogP contribution in [0.5, 0.6) is 0 Å². The van der Waals surface area contributed by atoms with Gasteiger partial charge in [0.25, 0.3) is 0 Å². The number of carbonyl (C=O) groups is 1. The van der Waals surface area contributed by atoms with Gasteiger partial charge in [0.1, 0.15) is 5.01 Å². The van der Waals surface area contributed by atoms with Crippen LogP contribution in [0.3, 0.4) is 0 Å². The minimum absolute atomic E-state index is 0.0880. The van der Waals surface area contributed by atoms with Crippen molar-refractivity contribution in [1.82, 2.24) is 9.88 Å². The maximum Gasteiger partial charge on any atom is 0.192 e. The van der Waals surface area contributed by atoms with Crippen molar-refractivity contribution in [2.24, 2.45) is 0 Å². The summed E-state index contributed by atoms with van der Waals surface area (Å²) < 4.78 is 0. The van der Waals surface area contributed by atoms with Crippen LogP contribution in [0.4, 0.5) is 0 Å². The first-order valence-electron chi connectivity index (χ1n) is 11.3. The Hall–Kier alpha value is -3.41. The van der Waals surface area contributed by atoms with E-state index in [1.54, 1.807) is 23.1 Å². The number of benzene rings is 3. The number of ketones is 1. The Morgan fingerprint density at radius 1 is 0.882 bits per heavy atom. The molecular formula is C29H22N2OS2. The van der Waals surface area contributed by atoms with E-state index in [4.69, 9.17) is 4.98 Å². The molecular weight excluding hydrogens is 456 g/mol. The Bertz CT molecular complexity index is 1380. The first kappa shape index (κ1) is 21.1. The summed E-state index contributed by atoms with van der Waals surface area (Å²) in [5, 5.41) is 4.05. The number of allylic oxidation sites excluding steroid dienone is 2. The Labute approximate surface area is 207 Å². The molecule has 0 saturated carbocycles. The van der Waals surface area contributed by atoms with Crippen molar-refractivity contribution in [2.45, 2.75) is 5.92 Å². The standard InChI is InChI=1S/C29H22N2OS2/c32-27(22-14-8-3-9-15-22)25-23(20-10-4-1-5-11-20)24(28-30-16-18-33-28)26(21-12-6-2-7-13-21)31-17-19-34-29(25)31/h1-16,18,23H,17,19H2. The van der Waals surface area contributed by atoms with E-state index < -0.39 is 0 Å². The van der Waals surface area contributed by atoms with Gasteiger partial charge >= 0.3 is 0 Å². The summed E-state index contributed by atoms with van der Waals surface area (Å²) in [6.07, 6.45) is 1.86. The number of hydrogen-bond donors (Lipinski definition) is 0. The fourth-order valence-corrected chi connectivity index (χ4v) is 6.73. The number of thioether (sulfide) groups is 1. The molecule has 4 aromatic rings. The molecule has 1 fully saturated rings. The SMILES string of the molecule is O=C(C1=C2SCCN2C(c2ccccc2)=C(c2nccs2)C1c1ccccc1)c1ccccc1. The predicted molar refractivity (Wildman–Crippen MR) is 142 cm³/mol. The van der Waals surface area contributed by atoms with Crippen LogP contribution in [0.2, 0.25) is 0 Å². The van der Waals surface area contributed by atoms with Crippen molar-refractivity contribution < 1.29 is 4.79 Å². The van der Waals surface area contributed by atoms with Crippen molar-refractivity contribution in [3.05, 3.63) is 135 Å². The van der Waals surface area contributed by atoms with Crippen molar-refractivity contribution in [3.8, 4) is 0 Å². The molecule has 5 heteroatoms. The topological polar surface area (TPSA) is 33.2 Å². The normalized spacial score (nSPS) is 17.8. The van der Waals surface area contributed by atoms with Crippen LogP contribution < -0.4 is 0 Å². The highest BCUT2D eigenvalue weighted by Gasteiger charge is 2.42. The molecule has 1 aromatic heterocycles. The molecule has 3 aromatic carbocycles. The molecule has 0 aliphatic carbocycles. The monoisotopic (exact) mass is 478 g/mol. The average Bonchev–Trinajstić information content (AvgIpc) is 3.61. The van der Waals surface area contributed by atoms with Gasteiger partial charge in [0, 0.05) is 46.5 Å². The number of Topliss-reactive ketones (excluding diaryl/α,β-unsaturated/α-hetero) is 1. The molecule has 1 saturated heterocycles. The third-order valence-electron chi connectivity index (χ3n) is 6.26. The summed E-state index contributed by atoms with van der Waals surface area (Å²) in [5.74, 6) is 0.835. The van der Waals surface area contributed by atoms with E-state index in [1.807, 2.05) is 54.0 Å². The molecule has 3 heterocycles. The zero-order chi connectivity index (χ0) is 22.9. The molecule has 0 amide bonds. The molecule has 34 heavy (non-hydrogen) atoms. The Balaban J connectivity index is 1.67. The quantitative estimate of drug-likeness (QED) is 0.291. The number of thiazole rings is 1. The Morgan fingerprint density at radius 3 is 2.24 bits per heavy atom. The van der Waals surface area contributed by atoms with E-state index in [9.17, 15) is 4.79 Å². The maximum atomic E-state index is 14.1. The second-order valence-corrected chi connectivity index (χ2v) is 10.2. The number of fused-ring (bicyclic) bond motifs is 1. The van der Waals surface area contributed by atoms with E-state index in [0.29, 0.717) is 0 Å². The first-order valence-corrected chi connectivity index (χ1v) is 13.2. The average molecular weight is 479 g/mol. The number of aromatic nitrogens is 1. The first-order chi connectivity index (χ1) is 16.8. The number of hydrogen-bond acceptors (Lipinski definition) is 5. The van der Waals surface area contributed by atoms with Crippen LogP contribution in [0.25, 0.3) is 11.3 Å². The second kappa shape index (κ2) is 9.09. The van der Waals surface area contributed by atoms with Gasteiger partial charge in [-0.15, -0.1) is 23.1 Å². The van der Waals surface area contributed by atoms with Crippen LogP contribution >= 0.6 is 23.1 Å². The molecule has 0 N–H and O–H groups in total. The highest BCUT2D eigenvalue weighted by Crippen LogP contribution is 2.54. The molecule has 2 aliphatic rings. The molecule has 0 bridgehead atoms. The van der Waals surface area contributed by atoms with Gasteiger partial charge in [0.05, 0.1) is 10.7 Å². The number of carbonyl (C=O) groups excluding carboxylic acids is 1. The smallest absolute Gasteiger partial charge is 0.192 e. The van der Waals surface area contributed by atoms with Crippen molar-refractivity contribution in [1.29, 1.82) is 0 Å². The maximum absolute atomic E-state index is 14.1. The van der Waals surface area contributed by atoms with Gasteiger partial charge < -0.3 is 4.90 Å². The zero-order valence-electron chi connectivity index (χ0n) is 18.4. The van der Waals surface area contributed by atoms with Crippen LogP contribution in [0.1, 0.15) is 32.4 Å². The fraction of sp³-hybridized carbons (Fsp3) is 0.103. The Kier molecular flexibility index (Phi) is 5.65. The minimum Gasteiger partial charge on any atom is -0.334 e. The van der Waals surface area contributed by atoms with Crippen LogP contribution in [0.15, 0.2) is 113 Å². The molecule has 1 unspecified atom stereocenters. The lowest BCUT2D eigenvalue weighted by Crippen LogP contribution is -2.29. The van der Waals surface area contributed by atoms with Crippen LogP contribution in [-0.4, -0.2) is 28.0 Å². The summed E-state index contributed by atoms with van der Waals surface area (Å²) in [6.45, 7) is 0.867. The van der Waals surface area contributed by atoms with Gasteiger partial charge in [-0.1, -0.05) is 91.0 Å². The van der Waals surface area contributed by atoms with Gasteiger partial charge in [-0.05, 0) is 11.1 Å². The lowest BCUT2D eigenvalue weighted by molar-refractivity contribution is 0.102. The summed E-state index contributed by atoms with van der Waals surface area (Å²) in [5.41, 5.74) is 6.11. The van der Waals surface area contributed by atoms with Crippen LogP contribution in [0, 0.1) is 0 Å². The summed E-state index contributed by atoms with van der Waals surface area (Å²) in [4.78, 5) is 21.3. The highest BCUT2D eigenvalue weighted by molar-refractivity contribution is 8.03. The van der Waals surface area contributed by atoms with Gasteiger partial charge in [-0.25, -0.2) is 4.98 Å². The molecule has 6 rings (SSSR count). The molecule has 2 aliphatic heterocycles. The van der Waals surface area contributed by atoms with Gasteiger partial charge in [-0.3, -0.25) is 4.79 Å². The van der Waals surface area contributed by atoms with Gasteiger partial charge in [0.2, 0.25) is 0 Å². The molecule has 166 valence electrons. The summed E-state index contributed by atoms with van der Waals surface area (Å²) >= 11 is 3.42.